The van der Waals surface area contributed by atoms with Gasteiger partial charge in [-0.1, -0.05) is 12.1 Å². The van der Waals surface area contributed by atoms with E-state index in [1.807, 2.05) is 0 Å². The first-order chi connectivity index (χ1) is 20.0. The maximum absolute atomic E-state index is 13.7. The number of Topliss-reactive ketones (excluding diaryl/α,β-unsaturated/α-hetero) is 2. The number of carbonyl (C=O) groups excluding carboxylic acids is 3. The molecular formula is C29H28F3N3O8. The molecule has 43 heavy (non-hydrogen) atoms. The van der Waals surface area contributed by atoms with Crippen molar-refractivity contribution < 1.29 is 52.7 Å². The topological polar surface area (TPSA) is 183 Å². The third-order valence-electron chi connectivity index (χ3n) is 8.16. The van der Waals surface area contributed by atoms with E-state index in [0.29, 0.717) is 16.8 Å². The molecule has 11 nitrogen and oxygen atoms in total. The SMILES string of the molecule is CN(C)c1cc(NCc2ccc(OC(F)(F)F)cc2)c(O)c2c1C[C@H]1C[C@H]3CC(=O)C(C(N)=O)=C(O)[C@@]3(O)C(=O)C1=C2O. The van der Waals surface area contributed by atoms with Crippen molar-refractivity contribution in [2.24, 2.45) is 17.6 Å². The maximum Gasteiger partial charge on any atom is 0.573 e. The molecule has 0 saturated heterocycles. The number of fused-ring (bicyclic) bond motifs is 3. The summed E-state index contributed by atoms with van der Waals surface area (Å²) in [5, 5.41) is 47.8. The summed E-state index contributed by atoms with van der Waals surface area (Å²) in [6.07, 6.45) is -5.11. The quantitative estimate of drug-likeness (QED) is 0.212. The molecular weight excluding hydrogens is 575 g/mol. The van der Waals surface area contributed by atoms with Gasteiger partial charge in [-0.3, -0.25) is 14.4 Å². The van der Waals surface area contributed by atoms with Crippen LogP contribution in [0.1, 0.15) is 29.5 Å². The highest BCUT2D eigenvalue weighted by atomic mass is 19.4. The van der Waals surface area contributed by atoms with E-state index in [1.54, 1.807) is 25.1 Å². The Kier molecular flexibility index (Phi) is 7.08. The Bertz CT molecular complexity index is 1610. The lowest BCUT2D eigenvalue weighted by atomic mass is 9.59. The van der Waals surface area contributed by atoms with Gasteiger partial charge in [-0.05, 0) is 48.1 Å². The zero-order chi connectivity index (χ0) is 31.6. The molecule has 14 heteroatoms. The van der Waals surface area contributed by atoms with E-state index in [-0.39, 0.29) is 36.2 Å². The molecule has 3 aliphatic carbocycles. The lowest BCUT2D eigenvalue weighted by Gasteiger charge is -2.46. The molecule has 0 aromatic heterocycles. The van der Waals surface area contributed by atoms with Crippen molar-refractivity contribution in [1.82, 2.24) is 0 Å². The maximum atomic E-state index is 13.7. The van der Waals surface area contributed by atoms with Gasteiger partial charge in [0, 0.05) is 44.2 Å². The van der Waals surface area contributed by atoms with Crippen molar-refractivity contribution in [1.29, 1.82) is 0 Å². The van der Waals surface area contributed by atoms with Gasteiger partial charge in [0.2, 0.25) is 5.78 Å². The number of primary amides is 1. The van der Waals surface area contributed by atoms with Gasteiger partial charge >= 0.3 is 6.36 Å². The number of anilines is 2. The van der Waals surface area contributed by atoms with E-state index in [1.165, 1.54) is 12.1 Å². The minimum atomic E-state index is -4.84. The molecule has 2 aromatic carbocycles. The Morgan fingerprint density at radius 3 is 2.37 bits per heavy atom. The Balaban J connectivity index is 1.54. The Hall–Kier alpha value is -4.72. The van der Waals surface area contributed by atoms with E-state index in [2.05, 4.69) is 10.1 Å². The van der Waals surface area contributed by atoms with Crippen LogP contribution >= 0.6 is 0 Å². The number of halogens is 3. The Morgan fingerprint density at radius 1 is 1.14 bits per heavy atom. The van der Waals surface area contributed by atoms with E-state index in [4.69, 9.17) is 5.73 Å². The molecule has 1 amide bonds. The van der Waals surface area contributed by atoms with E-state index in [0.717, 1.165) is 12.1 Å². The highest BCUT2D eigenvalue weighted by molar-refractivity contribution is 6.22. The first-order valence-electron chi connectivity index (χ1n) is 13.2. The Labute approximate surface area is 242 Å². The number of nitrogens with zero attached hydrogens (tertiary/aromatic N) is 1. The Morgan fingerprint density at radius 2 is 1.79 bits per heavy atom. The predicted molar refractivity (Wildman–Crippen MR) is 146 cm³/mol. The summed E-state index contributed by atoms with van der Waals surface area (Å²) in [5.41, 5.74) is 3.05. The van der Waals surface area contributed by atoms with Crippen LogP contribution in [0, 0.1) is 11.8 Å². The van der Waals surface area contributed by atoms with Crippen LogP contribution in [0.3, 0.4) is 0 Å². The molecule has 0 aliphatic heterocycles. The van der Waals surface area contributed by atoms with Crippen molar-refractivity contribution in [3.63, 3.8) is 0 Å². The monoisotopic (exact) mass is 603 g/mol. The van der Waals surface area contributed by atoms with Gasteiger partial charge in [-0.25, -0.2) is 0 Å². The number of amides is 1. The van der Waals surface area contributed by atoms with Crippen LogP contribution in [0.15, 0.2) is 47.2 Å². The van der Waals surface area contributed by atoms with Crippen molar-refractivity contribution in [3.8, 4) is 11.5 Å². The molecule has 7 N–H and O–H groups in total. The van der Waals surface area contributed by atoms with Crippen LogP contribution in [0.25, 0.3) is 5.76 Å². The van der Waals surface area contributed by atoms with Gasteiger partial charge in [0.15, 0.2) is 11.4 Å². The zero-order valence-corrected chi connectivity index (χ0v) is 23.0. The van der Waals surface area contributed by atoms with Crippen molar-refractivity contribution in [2.45, 2.75) is 37.8 Å². The number of phenols is 1. The average molecular weight is 604 g/mol. The molecule has 228 valence electrons. The van der Waals surface area contributed by atoms with Crippen LogP contribution in [0.5, 0.6) is 11.5 Å². The van der Waals surface area contributed by atoms with Crippen LogP contribution in [0.2, 0.25) is 0 Å². The molecule has 3 aliphatic rings. The number of benzene rings is 2. The minimum Gasteiger partial charge on any atom is -0.508 e. The van der Waals surface area contributed by atoms with Crippen molar-refractivity contribution >= 4 is 34.6 Å². The minimum absolute atomic E-state index is 0.00456. The second-order valence-corrected chi connectivity index (χ2v) is 11.0. The van der Waals surface area contributed by atoms with E-state index in [9.17, 15) is 48.0 Å². The fourth-order valence-electron chi connectivity index (χ4n) is 6.21. The number of ether oxygens (including phenoxy) is 1. The number of carbonyl (C=O) groups is 3. The van der Waals surface area contributed by atoms with Crippen LogP contribution in [-0.2, 0) is 27.3 Å². The highest BCUT2D eigenvalue weighted by Gasteiger charge is 2.60. The van der Waals surface area contributed by atoms with Gasteiger partial charge in [0.05, 0.1) is 11.3 Å². The number of phenolic OH excluding ortho intramolecular Hbond substituents is 1. The second kappa shape index (κ2) is 10.2. The van der Waals surface area contributed by atoms with Gasteiger partial charge in [-0.15, -0.1) is 13.2 Å². The van der Waals surface area contributed by atoms with Gasteiger partial charge in [0.25, 0.3) is 5.91 Å². The molecule has 1 saturated carbocycles. The number of ketones is 2. The zero-order valence-electron chi connectivity index (χ0n) is 23.0. The molecule has 1 fully saturated rings. The first-order valence-corrected chi connectivity index (χ1v) is 13.2. The average Bonchev–Trinajstić information content (AvgIpc) is 2.90. The van der Waals surface area contributed by atoms with E-state index >= 15 is 0 Å². The summed E-state index contributed by atoms with van der Waals surface area (Å²) in [7, 11) is 3.45. The van der Waals surface area contributed by atoms with Crippen molar-refractivity contribution in [3.05, 3.63) is 63.9 Å². The number of nitrogens with one attached hydrogen (secondary N) is 1. The predicted octanol–water partition coefficient (Wildman–Crippen LogP) is 3.00. The number of aromatic hydroxyl groups is 1. The first kappa shape index (κ1) is 29.8. The number of hydrogen-bond donors (Lipinski definition) is 6. The van der Waals surface area contributed by atoms with Crippen molar-refractivity contribution in [2.75, 3.05) is 24.3 Å². The number of hydrogen-bond acceptors (Lipinski definition) is 10. The number of nitrogens with two attached hydrogens (primary N) is 1. The smallest absolute Gasteiger partial charge is 0.508 e. The molecule has 0 unspecified atom stereocenters. The van der Waals surface area contributed by atoms with Crippen LogP contribution < -0.4 is 20.7 Å². The summed E-state index contributed by atoms with van der Waals surface area (Å²) in [5.74, 6) is -7.60. The summed E-state index contributed by atoms with van der Waals surface area (Å²) in [6.45, 7) is 0.0500. The second-order valence-electron chi connectivity index (χ2n) is 11.0. The summed E-state index contributed by atoms with van der Waals surface area (Å²) in [4.78, 5) is 39.8. The number of rotatable bonds is 6. The molecule has 0 radical (unpaired) electrons. The molecule has 3 atom stereocenters. The molecule has 2 aromatic rings. The van der Waals surface area contributed by atoms with Crippen LogP contribution in [-0.4, -0.2) is 64.0 Å². The van der Waals surface area contributed by atoms with Gasteiger partial charge < -0.3 is 41.1 Å². The number of aliphatic hydroxyl groups excluding tert-OH is 2. The highest BCUT2D eigenvalue weighted by Crippen LogP contribution is 2.54. The molecule has 0 heterocycles. The normalized spacial score (nSPS) is 23.4. The fourth-order valence-corrected chi connectivity index (χ4v) is 6.21. The summed E-state index contributed by atoms with van der Waals surface area (Å²) >= 11 is 0. The summed E-state index contributed by atoms with van der Waals surface area (Å²) < 4.78 is 41.3. The molecule has 5 rings (SSSR count). The van der Waals surface area contributed by atoms with Crippen LogP contribution in [0.4, 0.5) is 24.5 Å². The molecule has 0 spiro atoms. The number of aliphatic hydroxyl groups is 3. The standard InChI is InChI=1S/C29H28F3N3O8/c1-35(2)18-10-17(34-11-12-3-5-15(6-4-12)43-29(30,31)32)23(37)21-16(18)8-13-7-14-9-19(36)22(27(33)41)26(40)28(14,42)25(39)20(13)24(21)38/h3-6,10,13-14,34,37-38,40,42H,7-9,11H2,1-2H3,(H2,33,41)/t13-,14+,28+/m1/s1. The van der Waals surface area contributed by atoms with Gasteiger partial charge in [-0.2, -0.15) is 0 Å². The largest absolute Gasteiger partial charge is 0.573 e. The lowest BCUT2D eigenvalue weighted by molar-refractivity contribution is -0.274. The third kappa shape index (κ3) is 4.90. The summed E-state index contributed by atoms with van der Waals surface area (Å²) in [6, 6.07) is 6.68. The van der Waals surface area contributed by atoms with Gasteiger partial charge in [0.1, 0.15) is 28.6 Å². The van der Waals surface area contributed by atoms with E-state index < -0.39 is 76.3 Å². The fraction of sp³-hybridized carbons (Fsp3) is 0.345. The molecule has 0 bridgehead atoms. The lowest BCUT2D eigenvalue weighted by Crippen LogP contribution is -2.58. The number of alkyl halides is 3. The third-order valence-corrected chi connectivity index (χ3v) is 8.16.